The van der Waals surface area contributed by atoms with Crippen molar-refractivity contribution in [2.24, 2.45) is 7.05 Å². The predicted molar refractivity (Wildman–Crippen MR) is 58.7 cm³/mol. The van der Waals surface area contributed by atoms with Gasteiger partial charge in [0.05, 0.1) is 11.4 Å². The third-order valence-electron chi connectivity index (χ3n) is 1.70. The molecule has 0 unspecified atom stereocenters. The molecule has 5 heteroatoms. The Balaban J connectivity index is 2.14. The molecular formula is C9H10N4S. The van der Waals surface area contributed by atoms with E-state index in [-0.39, 0.29) is 0 Å². The molecular weight excluding hydrogens is 196 g/mol. The van der Waals surface area contributed by atoms with Crippen LogP contribution in [0.5, 0.6) is 0 Å². The first-order valence-corrected chi connectivity index (χ1v) is 5.01. The first kappa shape index (κ1) is 8.96. The summed E-state index contributed by atoms with van der Waals surface area (Å²) >= 11 is 1.43. The lowest BCUT2D eigenvalue weighted by atomic mass is 10.3. The van der Waals surface area contributed by atoms with Crippen molar-refractivity contribution < 1.29 is 0 Å². The molecule has 14 heavy (non-hydrogen) atoms. The molecule has 0 atom stereocenters. The SMILES string of the molecule is Cn1ccc(/C=C/c2csc(N)n2)n1. The molecule has 2 aromatic rings. The van der Waals surface area contributed by atoms with Crippen molar-refractivity contribution in [1.29, 1.82) is 0 Å². The monoisotopic (exact) mass is 206 g/mol. The van der Waals surface area contributed by atoms with Crippen LogP contribution in [0.3, 0.4) is 0 Å². The lowest BCUT2D eigenvalue weighted by Gasteiger charge is -1.84. The summed E-state index contributed by atoms with van der Waals surface area (Å²) in [5.41, 5.74) is 7.29. The highest BCUT2D eigenvalue weighted by atomic mass is 32.1. The molecule has 0 bridgehead atoms. The van der Waals surface area contributed by atoms with E-state index in [1.165, 1.54) is 11.3 Å². The van der Waals surface area contributed by atoms with Crippen molar-refractivity contribution in [2.45, 2.75) is 0 Å². The highest BCUT2D eigenvalue weighted by Crippen LogP contribution is 2.13. The molecule has 0 aliphatic carbocycles. The lowest BCUT2D eigenvalue weighted by molar-refractivity contribution is 0.765. The Kier molecular flexibility index (Phi) is 2.32. The maximum absolute atomic E-state index is 5.51. The predicted octanol–water partition coefficient (Wildman–Crippen LogP) is 1.63. The number of aryl methyl sites for hydroxylation is 1. The second kappa shape index (κ2) is 3.63. The fourth-order valence-electron chi connectivity index (χ4n) is 1.07. The zero-order valence-electron chi connectivity index (χ0n) is 7.71. The summed E-state index contributed by atoms with van der Waals surface area (Å²) in [6, 6.07) is 1.94. The second-order valence-corrected chi connectivity index (χ2v) is 3.75. The highest BCUT2D eigenvalue weighted by Gasteiger charge is 1.94. The van der Waals surface area contributed by atoms with Crippen LogP contribution < -0.4 is 5.73 Å². The van der Waals surface area contributed by atoms with Crippen molar-refractivity contribution in [2.75, 3.05) is 5.73 Å². The van der Waals surface area contributed by atoms with Crippen molar-refractivity contribution in [1.82, 2.24) is 14.8 Å². The molecule has 2 N–H and O–H groups in total. The summed E-state index contributed by atoms with van der Waals surface area (Å²) in [7, 11) is 1.89. The van der Waals surface area contributed by atoms with Gasteiger partial charge in [-0.1, -0.05) is 0 Å². The molecule has 0 radical (unpaired) electrons. The Morgan fingerprint density at radius 1 is 1.43 bits per heavy atom. The van der Waals surface area contributed by atoms with Crippen LogP contribution in [-0.4, -0.2) is 14.8 Å². The number of aromatic nitrogens is 3. The van der Waals surface area contributed by atoms with E-state index in [2.05, 4.69) is 10.1 Å². The van der Waals surface area contributed by atoms with Crippen molar-refractivity contribution >= 4 is 28.6 Å². The number of nitrogens with zero attached hydrogens (tertiary/aromatic N) is 3. The molecule has 0 amide bonds. The molecule has 2 heterocycles. The van der Waals surface area contributed by atoms with Crippen LogP contribution in [0.1, 0.15) is 11.4 Å². The second-order valence-electron chi connectivity index (χ2n) is 2.86. The minimum atomic E-state index is 0.589. The molecule has 0 fully saturated rings. The first-order valence-electron chi connectivity index (χ1n) is 4.13. The number of thiazole rings is 1. The number of rotatable bonds is 2. The summed E-state index contributed by atoms with van der Waals surface area (Å²) < 4.78 is 1.76. The Bertz CT molecular complexity index is 413. The van der Waals surface area contributed by atoms with Crippen LogP contribution in [0.2, 0.25) is 0 Å². The summed E-state index contributed by atoms with van der Waals surface area (Å²) in [5.74, 6) is 0. The van der Waals surface area contributed by atoms with E-state index in [9.17, 15) is 0 Å². The molecule has 72 valence electrons. The van der Waals surface area contributed by atoms with Gasteiger partial charge in [-0.05, 0) is 18.2 Å². The number of nitrogen functional groups attached to an aromatic ring is 1. The Hall–Kier alpha value is -1.62. The van der Waals surface area contributed by atoms with Gasteiger partial charge in [0.25, 0.3) is 0 Å². The van der Waals surface area contributed by atoms with Crippen LogP contribution in [0.25, 0.3) is 12.2 Å². The van der Waals surface area contributed by atoms with Crippen LogP contribution in [0, 0.1) is 0 Å². The fourth-order valence-corrected chi connectivity index (χ4v) is 1.60. The molecule has 0 aliphatic rings. The average molecular weight is 206 g/mol. The van der Waals surface area contributed by atoms with Gasteiger partial charge >= 0.3 is 0 Å². The maximum atomic E-state index is 5.51. The number of nitrogens with two attached hydrogens (primary N) is 1. The molecule has 0 spiro atoms. The summed E-state index contributed by atoms with van der Waals surface area (Å²) in [4.78, 5) is 4.11. The van der Waals surface area contributed by atoms with Gasteiger partial charge in [-0.2, -0.15) is 5.10 Å². The molecule has 4 nitrogen and oxygen atoms in total. The lowest BCUT2D eigenvalue weighted by Crippen LogP contribution is -1.86. The van der Waals surface area contributed by atoms with E-state index in [1.807, 2.05) is 36.8 Å². The summed E-state index contributed by atoms with van der Waals surface area (Å²) in [6.07, 6.45) is 5.71. The number of hydrogen-bond donors (Lipinski definition) is 1. The molecule has 2 rings (SSSR count). The summed E-state index contributed by atoms with van der Waals surface area (Å²) in [5, 5.41) is 6.71. The quantitative estimate of drug-likeness (QED) is 0.812. The van der Waals surface area contributed by atoms with Crippen LogP contribution in [-0.2, 0) is 7.05 Å². The Labute approximate surface area is 85.7 Å². The standard InChI is InChI=1S/C9H10N4S/c1-13-5-4-7(12-13)2-3-8-6-14-9(10)11-8/h2-6H,1H3,(H2,10,11)/b3-2+. The average Bonchev–Trinajstić information content (AvgIpc) is 2.72. The molecule has 0 aliphatic heterocycles. The van der Waals surface area contributed by atoms with Crippen molar-refractivity contribution in [3.63, 3.8) is 0 Å². The molecule has 0 saturated heterocycles. The molecule has 2 aromatic heterocycles. The Morgan fingerprint density at radius 2 is 2.21 bits per heavy atom. The fraction of sp³-hybridized carbons (Fsp3) is 0.111. The third-order valence-corrected chi connectivity index (χ3v) is 2.39. The van der Waals surface area contributed by atoms with E-state index in [4.69, 9.17) is 5.73 Å². The minimum absolute atomic E-state index is 0.589. The summed E-state index contributed by atoms with van der Waals surface area (Å²) in [6.45, 7) is 0. The third kappa shape index (κ3) is 2.00. The van der Waals surface area contributed by atoms with Crippen LogP contribution in [0.15, 0.2) is 17.6 Å². The highest BCUT2D eigenvalue weighted by molar-refractivity contribution is 7.13. The zero-order chi connectivity index (χ0) is 9.97. The van der Waals surface area contributed by atoms with E-state index < -0.39 is 0 Å². The topological polar surface area (TPSA) is 56.7 Å². The van der Waals surface area contributed by atoms with Gasteiger partial charge in [-0.3, -0.25) is 4.68 Å². The van der Waals surface area contributed by atoms with E-state index in [0.29, 0.717) is 5.13 Å². The van der Waals surface area contributed by atoms with Gasteiger partial charge in [0.15, 0.2) is 5.13 Å². The van der Waals surface area contributed by atoms with Gasteiger partial charge in [0, 0.05) is 18.6 Å². The van der Waals surface area contributed by atoms with E-state index >= 15 is 0 Å². The van der Waals surface area contributed by atoms with Gasteiger partial charge in [-0.25, -0.2) is 4.98 Å². The maximum Gasteiger partial charge on any atom is 0.180 e. The van der Waals surface area contributed by atoms with Crippen molar-refractivity contribution in [3.8, 4) is 0 Å². The van der Waals surface area contributed by atoms with Gasteiger partial charge in [-0.15, -0.1) is 11.3 Å². The first-order chi connectivity index (χ1) is 6.74. The van der Waals surface area contributed by atoms with Crippen molar-refractivity contribution in [3.05, 3.63) is 29.0 Å². The van der Waals surface area contributed by atoms with E-state index in [0.717, 1.165) is 11.4 Å². The molecule has 0 saturated carbocycles. The zero-order valence-corrected chi connectivity index (χ0v) is 8.53. The molecule has 0 aromatic carbocycles. The number of anilines is 1. The minimum Gasteiger partial charge on any atom is -0.375 e. The van der Waals surface area contributed by atoms with Gasteiger partial charge in [0.2, 0.25) is 0 Å². The van der Waals surface area contributed by atoms with Gasteiger partial charge in [0.1, 0.15) is 0 Å². The largest absolute Gasteiger partial charge is 0.375 e. The smallest absolute Gasteiger partial charge is 0.180 e. The van der Waals surface area contributed by atoms with Crippen LogP contribution in [0.4, 0.5) is 5.13 Å². The number of hydrogen-bond acceptors (Lipinski definition) is 4. The van der Waals surface area contributed by atoms with Crippen LogP contribution >= 0.6 is 11.3 Å². The normalized spacial score (nSPS) is 11.2. The Morgan fingerprint density at radius 3 is 2.79 bits per heavy atom. The van der Waals surface area contributed by atoms with E-state index in [1.54, 1.807) is 4.68 Å². The van der Waals surface area contributed by atoms with Gasteiger partial charge < -0.3 is 5.73 Å².